The molecule has 5 heteroatoms. The molecule has 0 N–H and O–H groups in total. The van der Waals surface area contributed by atoms with Crippen molar-refractivity contribution >= 4 is 13.3 Å². The van der Waals surface area contributed by atoms with E-state index in [1.165, 1.54) is 57.8 Å². The number of rotatable bonds is 5. The minimum atomic E-state index is -1.92. The number of halogens is 3. The molecule has 2 atom stereocenters. The van der Waals surface area contributed by atoms with Crippen LogP contribution in [0.15, 0.2) is 42.5 Å². The zero-order valence-electron chi connectivity index (χ0n) is 21.4. The van der Waals surface area contributed by atoms with Crippen molar-refractivity contribution in [1.82, 2.24) is 0 Å². The topological polar surface area (TPSA) is 0 Å². The largest absolute Gasteiger partial charge is 4.00 e. The van der Waals surface area contributed by atoms with Crippen LogP contribution < -0.4 is 42.4 Å². The van der Waals surface area contributed by atoms with Gasteiger partial charge >= 0.3 is 21.7 Å². The second-order valence-corrected chi connectivity index (χ2v) is 14.0. The first-order valence-corrected chi connectivity index (χ1v) is 14.3. The molecule has 0 spiro atoms. The molecular formula is C29H35Cl3SiTi. The molecule has 3 aromatic rings. The number of unbranched alkanes of at least 4 members (excludes halogenated alkanes) is 1. The van der Waals surface area contributed by atoms with Gasteiger partial charge in [0, 0.05) is 0 Å². The van der Waals surface area contributed by atoms with E-state index in [0.29, 0.717) is 5.54 Å². The summed E-state index contributed by atoms with van der Waals surface area (Å²) in [4.78, 5) is 0. The van der Waals surface area contributed by atoms with Crippen molar-refractivity contribution < 1.29 is 58.9 Å². The molecule has 0 heterocycles. The first-order valence-electron chi connectivity index (χ1n) is 11.5. The van der Waals surface area contributed by atoms with Crippen LogP contribution in [0.25, 0.3) is 11.1 Å². The van der Waals surface area contributed by atoms with Gasteiger partial charge in [0.1, 0.15) is 0 Å². The summed E-state index contributed by atoms with van der Waals surface area (Å²) < 4.78 is 0. The summed E-state index contributed by atoms with van der Waals surface area (Å²) in [5, 5.41) is 1.71. The minimum absolute atomic E-state index is 0. The Morgan fingerprint density at radius 2 is 1.29 bits per heavy atom. The average molecular weight is 566 g/mol. The fourth-order valence-corrected chi connectivity index (χ4v) is 11.9. The summed E-state index contributed by atoms with van der Waals surface area (Å²) in [5.74, 6) is 0. The standard InChI is InChI=1S/C29H35Si.3ClH.Ti/c1-8-9-18-30(7,28-22(5)20(3)19(2)21(4)23(28)6)29-26-16-12-10-14-24(26)25-15-11-13-17-27(25)29;;;;/h10-16,29H,8-9,18H2,1-7H3;3*1H;/q-1;;;;+4/p-3. The van der Waals surface area contributed by atoms with E-state index in [0.717, 1.165) is 0 Å². The van der Waals surface area contributed by atoms with Gasteiger partial charge in [-0.25, -0.2) is 0 Å². The Bertz CT molecular complexity index is 1050. The van der Waals surface area contributed by atoms with Crippen molar-refractivity contribution in [2.75, 3.05) is 0 Å². The predicted molar refractivity (Wildman–Crippen MR) is 134 cm³/mol. The van der Waals surface area contributed by atoms with E-state index in [1.54, 1.807) is 16.3 Å². The molecule has 3 aromatic carbocycles. The van der Waals surface area contributed by atoms with E-state index in [1.807, 2.05) is 0 Å². The van der Waals surface area contributed by atoms with Crippen LogP contribution in [0.3, 0.4) is 0 Å². The Morgan fingerprint density at radius 3 is 1.88 bits per heavy atom. The monoisotopic (exact) mass is 564 g/mol. The number of benzene rings is 3. The summed E-state index contributed by atoms with van der Waals surface area (Å²) in [6.45, 7) is 16.7. The van der Waals surface area contributed by atoms with Crippen LogP contribution in [0.2, 0.25) is 12.6 Å². The Labute approximate surface area is 241 Å². The van der Waals surface area contributed by atoms with Crippen LogP contribution in [0.5, 0.6) is 0 Å². The summed E-state index contributed by atoms with van der Waals surface area (Å²) in [6.07, 6.45) is 2.55. The Kier molecular flexibility index (Phi) is 12.9. The van der Waals surface area contributed by atoms with Crippen LogP contribution in [-0.2, 0) is 21.7 Å². The van der Waals surface area contributed by atoms with Gasteiger partial charge in [0.05, 0.1) is 8.07 Å². The molecule has 0 bridgehead atoms. The molecule has 0 saturated carbocycles. The first-order chi connectivity index (χ1) is 14.3. The molecule has 0 aromatic heterocycles. The third kappa shape index (κ3) is 5.27. The van der Waals surface area contributed by atoms with Crippen LogP contribution in [0.4, 0.5) is 0 Å². The Balaban J connectivity index is 0.00000272. The van der Waals surface area contributed by atoms with Gasteiger partial charge in [0.15, 0.2) is 0 Å². The average Bonchev–Trinajstić information content (AvgIpc) is 3.10. The fourth-order valence-electron chi connectivity index (χ4n) is 6.05. The first kappa shape index (κ1) is 33.5. The summed E-state index contributed by atoms with van der Waals surface area (Å²) in [6, 6.07) is 20.8. The van der Waals surface area contributed by atoms with E-state index in [2.05, 4.69) is 96.6 Å². The predicted octanol–water partition coefficient (Wildman–Crippen LogP) is -1.52. The zero-order valence-corrected chi connectivity index (χ0v) is 26.2. The molecule has 0 nitrogen and oxygen atoms in total. The molecule has 180 valence electrons. The molecule has 4 rings (SSSR count). The zero-order chi connectivity index (χ0) is 21.6. The van der Waals surface area contributed by atoms with Gasteiger partial charge in [-0.1, -0.05) is 67.4 Å². The van der Waals surface area contributed by atoms with E-state index in [-0.39, 0.29) is 58.9 Å². The molecule has 1 aliphatic carbocycles. The van der Waals surface area contributed by atoms with Crippen molar-refractivity contribution in [2.45, 2.75) is 72.5 Å². The van der Waals surface area contributed by atoms with E-state index < -0.39 is 8.07 Å². The van der Waals surface area contributed by atoms with E-state index >= 15 is 0 Å². The van der Waals surface area contributed by atoms with Gasteiger partial charge in [0.25, 0.3) is 0 Å². The maximum atomic E-state index is 3.71. The van der Waals surface area contributed by atoms with Crippen molar-refractivity contribution in [2.24, 2.45) is 0 Å². The van der Waals surface area contributed by atoms with Crippen molar-refractivity contribution in [3.8, 4) is 11.1 Å². The van der Waals surface area contributed by atoms with Gasteiger partial charge in [-0.2, -0.15) is 24.3 Å². The van der Waals surface area contributed by atoms with Crippen LogP contribution in [0.1, 0.15) is 64.3 Å². The summed E-state index contributed by atoms with van der Waals surface area (Å²) >= 11 is 0. The van der Waals surface area contributed by atoms with Crippen LogP contribution in [0, 0.1) is 40.7 Å². The maximum Gasteiger partial charge on any atom is 4.00 e. The summed E-state index contributed by atoms with van der Waals surface area (Å²) in [7, 11) is -1.92. The summed E-state index contributed by atoms with van der Waals surface area (Å²) in [5.41, 5.74) is 13.8. The third-order valence-corrected chi connectivity index (χ3v) is 13.2. The molecule has 0 amide bonds. The normalized spacial score (nSPS) is 14.9. The SMILES string of the molecule is CCCC[Si](C)(c1c(C)c(C)c(C)c(C)c1C)C1c2[c-]cccc2-c2ccccc21.[Cl-].[Cl-].[Cl-].[Ti+4]. The Morgan fingerprint density at radius 1 is 0.765 bits per heavy atom. The minimum Gasteiger partial charge on any atom is -1.00 e. The Hall–Kier alpha value is -0.539. The van der Waals surface area contributed by atoms with Crippen LogP contribution in [-0.4, -0.2) is 8.07 Å². The number of fused-ring (bicyclic) bond motifs is 3. The maximum absolute atomic E-state index is 3.71. The second-order valence-electron chi connectivity index (χ2n) is 9.54. The molecule has 1 aliphatic rings. The van der Waals surface area contributed by atoms with Gasteiger partial charge in [-0.3, -0.25) is 0 Å². The number of hydrogen-bond acceptors (Lipinski definition) is 0. The molecular weight excluding hydrogens is 531 g/mol. The fraction of sp³-hybridized carbons (Fsp3) is 0.379. The van der Waals surface area contributed by atoms with E-state index in [9.17, 15) is 0 Å². The third-order valence-electron chi connectivity index (χ3n) is 8.00. The molecule has 0 saturated heterocycles. The van der Waals surface area contributed by atoms with Gasteiger partial charge in [-0.05, 0) is 73.5 Å². The van der Waals surface area contributed by atoms with E-state index in [4.69, 9.17) is 0 Å². The number of hydrogen-bond donors (Lipinski definition) is 0. The quantitative estimate of drug-likeness (QED) is 0.260. The molecule has 0 radical (unpaired) electrons. The smallest absolute Gasteiger partial charge is 1.00 e. The van der Waals surface area contributed by atoms with Gasteiger partial charge in [0.2, 0.25) is 0 Å². The molecule has 0 aliphatic heterocycles. The van der Waals surface area contributed by atoms with Crippen molar-refractivity contribution in [1.29, 1.82) is 0 Å². The van der Waals surface area contributed by atoms with Crippen molar-refractivity contribution in [3.05, 3.63) is 87.5 Å². The second kappa shape index (κ2) is 13.1. The van der Waals surface area contributed by atoms with Crippen molar-refractivity contribution in [3.63, 3.8) is 0 Å². The molecule has 0 fully saturated rings. The molecule has 34 heavy (non-hydrogen) atoms. The van der Waals surface area contributed by atoms with Crippen LogP contribution >= 0.6 is 0 Å². The van der Waals surface area contributed by atoms with Gasteiger partial charge < -0.3 is 37.2 Å². The molecule has 2 unspecified atom stereocenters. The van der Waals surface area contributed by atoms with Gasteiger partial charge in [-0.15, -0.1) is 11.1 Å².